The molecule has 1 heteroatoms. The van der Waals surface area contributed by atoms with Crippen molar-refractivity contribution in [2.75, 3.05) is 0 Å². The summed E-state index contributed by atoms with van der Waals surface area (Å²) in [7, 11) is 0. The first-order chi connectivity index (χ1) is 6.24. The molecule has 0 bridgehead atoms. The smallest absolute Gasteiger partial charge is 0.101 e. The molecular formula is C12H16O. The fourth-order valence-corrected chi connectivity index (χ4v) is 1.21. The van der Waals surface area contributed by atoms with Gasteiger partial charge in [-0.15, -0.1) is 6.58 Å². The van der Waals surface area contributed by atoms with Gasteiger partial charge in [0.15, 0.2) is 0 Å². The highest BCUT2D eigenvalue weighted by atomic mass is 16.5. The van der Waals surface area contributed by atoms with Gasteiger partial charge in [0.1, 0.15) is 6.10 Å². The average Bonchev–Trinajstić information content (AvgIpc) is 2.15. The largest absolute Gasteiger partial charge is 0.367 e. The van der Waals surface area contributed by atoms with Crippen molar-refractivity contribution >= 4 is 0 Å². The number of benzene rings is 1. The molecule has 0 heterocycles. The maximum Gasteiger partial charge on any atom is 0.101 e. The second-order valence-corrected chi connectivity index (χ2v) is 3.25. The molecule has 70 valence electrons. The predicted molar refractivity (Wildman–Crippen MR) is 55.6 cm³/mol. The van der Waals surface area contributed by atoms with Gasteiger partial charge in [0.2, 0.25) is 0 Å². The Balaban J connectivity index is 2.73. The molecule has 0 saturated carbocycles. The molecule has 1 nitrogen and oxygen atoms in total. The summed E-state index contributed by atoms with van der Waals surface area (Å²) in [5, 5.41) is 0. The van der Waals surface area contributed by atoms with Gasteiger partial charge in [-0.05, 0) is 19.4 Å². The van der Waals surface area contributed by atoms with E-state index in [1.54, 1.807) is 0 Å². The third-order valence-corrected chi connectivity index (χ3v) is 1.76. The third kappa shape index (κ3) is 3.03. The molecule has 1 aromatic carbocycles. The Labute approximate surface area is 80.0 Å². The zero-order valence-corrected chi connectivity index (χ0v) is 8.23. The van der Waals surface area contributed by atoms with E-state index in [1.165, 1.54) is 0 Å². The van der Waals surface area contributed by atoms with E-state index in [9.17, 15) is 0 Å². The lowest BCUT2D eigenvalue weighted by molar-refractivity contribution is 0.0350. The molecule has 0 radical (unpaired) electrons. The lowest BCUT2D eigenvalue weighted by Crippen LogP contribution is -2.08. The number of hydrogen-bond acceptors (Lipinski definition) is 1. The first-order valence-corrected chi connectivity index (χ1v) is 4.57. The van der Waals surface area contributed by atoms with Crippen molar-refractivity contribution in [2.24, 2.45) is 0 Å². The molecule has 0 aliphatic carbocycles. The highest BCUT2D eigenvalue weighted by Crippen LogP contribution is 2.19. The van der Waals surface area contributed by atoms with Crippen LogP contribution >= 0.6 is 0 Å². The molecule has 0 N–H and O–H groups in total. The third-order valence-electron chi connectivity index (χ3n) is 1.76. The Morgan fingerprint density at radius 1 is 1.23 bits per heavy atom. The minimum absolute atomic E-state index is 0.0150. The standard InChI is InChI=1S/C12H16O/c1-4-12(13-10(2)3)11-8-6-5-7-9-11/h4-10,12H,1H2,2-3H3/t12-/m1/s1. The van der Waals surface area contributed by atoms with Gasteiger partial charge in [-0.1, -0.05) is 36.4 Å². The predicted octanol–water partition coefficient (Wildman–Crippen LogP) is 3.34. The molecule has 0 saturated heterocycles. The van der Waals surface area contributed by atoms with E-state index < -0.39 is 0 Å². The van der Waals surface area contributed by atoms with Gasteiger partial charge in [0.25, 0.3) is 0 Å². The molecule has 0 spiro atoms. The number of ether oxygens (including phenoxy) is 1. The van der Waals surface area contributed by atoms with Crippen molar-refractivity contribution < 1.29 is 4.74 Å². The van der Waals surface area contributed by atoms with E-state index in [1.807, 2.05) is 38.1 Å². The van der Waals surface area contributed by atoms with Gasteiger partial charge in [0, 0.05) is 0 Å². The van der Waals surface area contributed by atoms with Crippen LogP contribution in [0.15, 0.2) is 43.0 Å². The Kier molecular flexibility index (Phi) is 3.71. The molecule has 1 aromatic rings. The Bertz CT molecular complexity index is 251. The van der Waals surface area contributed by atoms with Crippen molar-refractivity contribution in [3.05, 3.63) is 48.6 Å². The van der Waals surface area contributed by atoms with Crippen LogP contribution in [0.2, 0.25) is 0 Å². The molecule has 0 unspecified atom stereocenters. The molecule has 1 rings (SSSR count). The van der Waals surface area contributed by atoms with Crippen molar-refractivity contribution in [2.45, 2.75) is 26.1 Å². The zero-order chi connectivity index (χ0) is 9.68. The van der Waals surface area contributed by atoms with Gasteiger partial charge in [-0.2, -0.15) is 0 Å². The lowest BCUT2D eigenvalue weighted by atomic mass is 10.1. The van der Waals surface area contributed by atoms with Crippen LogP contribution in [0.5, 0.6) is 0 Å². The van der Waals surface area contributed by atoms with Gasteiger partial charge >= 0.3 is 0 Å². The highest BCUT2D eigenvalue weighted by Gasteiger charge is 2.08. The molecular weight excluding hydrogens is 160 g/mol. The van der Waals surface area contributed by atoms with Gasteiger partial charge < -0.3 is 4.74 Å². The van der Waals surface area contributed by atoms with Crippen LogP contribution in [0, 0.1) is 0 Å². The van der Waals surface area contributed by atoms with Crippen LogP contribution in [0.4, 0.5) is 0 Å². The van der Waals surface area contributed by atoms with E-state index in [0.717, 1.165) is 5.56 Å². The first kappa shape index (κ1) is 10.0. The zero-order valence-electron chi connectivity index (χ0n) is 8.23. The molecule has 0 amide bonds. The highest BCUT2D eigenvalue weighted by molar-refractivity contribution is 5.20. The van der Waals surface area contributed by atoms with Crippen LogP contribution in [0.25, 0.3) is 0 Å². The van der Waals surface area contributed by atoms with Crippen LogP contribution < -0.4 is 0 Å². The molecule has 13 heavy (non-hydrogen) atoms. The van der Waals surface area contributed by atoms with E-state index in [4.69, 9.17) is 4.74 Å². The topological polar surface area (TPSA) is 9.23 Å². The second kappa shape index (κ2) is 4.83. The summed E-state index contributed by atoms with van der Waals surface area (Å²) in [6, 6.07) is 10.1. The van der Waals surface area contributed by atoms with Gasteiger partial charge in [-0.25, -0.2) is 0 Å². The van der Waals surface area contributed by atoms with Crippen LogP contribution in [-0.4, -0.2) is 6.10 Å². The second-order valence-electron chi connectivity index (χ2n) is 3.25. The summed E-state index contributed by atoms with van der Waals surface area (Å²) in [6.07, 6.45) is 2.07. The quantitative estimate of drug-likeness (QED) is 0.639. The van der Waals surface area contributed by atoms with Gasteiger partial charge in [-0.3, -0.25) is 0 Å². The molecule has 0 aliphatic heterocycles. The molecule has 0 aliphatic rings. The SMILES string of the molecule is C=C[C@@H](OC(C)C)c1ccccc1. The Morgan fingerprint density at radius 3 is 2.31 bits per heavy atom. The summed E-state index contributed by atoms with van der Waals surface area (Å²) in [4.78, 5) is 0. The maximum absolute atomic E-state index is 5.67. The Hall–Kier alpha value is -1.08. The van der Waals surface area contributed by atoms with Crippen molar-refractivity contribution in [3.63, 3.8) is 0 Å². The summed E-state index contributed by atoms with van der Waals surface area (Å²) in [6.45, 7) is 7.82. The maximum atomic E-state index is 5.67. The first-order valence-electron chi connectivity index (χ1n) is 4.57. The summed E-state index contributed by atoms with van der Waals surface area (Å²) < 4.78 is 5.67. The van der Waals surface area contributed by atoms with E-state index in [0.29, 0.717) is 0 Å². The minimum Gasteiger partial charge on any atom is -0.367 e. The fourth-order valence-electron chi connectivity index (χ4n) is 1.21. The van der Waals surface area contributed by atoms with Crippen LogP contribution in [0.3, 0.4) is 0 Å². The minimum atomic E-state index is 0.0150. The normalized spacial score (nSPS) is 12.8. The molecule has 0 aromatic heterocycles. The fraction of sp³-hybridized carbons (Fsp3) is 0.333. The van der Waals surface area contributed by atoms with Crippen molar-refractivity contribution in [1.29, 1.82) is 0 Å². The lowest BCUT2D eigenvalue weighted by Gasteiger charge is -2.16. The van der Waals surface area contributed by atoms with E-state index >= 15 is 0 Å². The molecule has 1 atom stereocenters. The summed E-state index contributed by atoms with van der Waals surface area (Å²) in [5.41, 5.74) is 1.16. The summed E-state index contributed by atoms with van der Waals surface area (Å²) >= 11 is 0. The van der Waals surface area contributed by atoms with E-state index in [2.05, 4.69) is 18.7 Å². The van der Waals surface area contributed by atoms with Gasteiger partial charge in [0.05, 0.1) is 6.10 Å². The number of rotatable bonds is 4. The summed E-state index contributed by atoms with van der Waals surface area (Å²) in [5.74, 6) is 0. The molecule has 0 fully saturated rings. The van der Waals surface area contributed by atoms with E-state index in [-0.39, 0.29) is 12.2 Å². The van der Waals surface area contributed by atoms with Crippen LogP contribution in [0.1, 0.15) is 25.5 Å². The number of hydrogen-bond donors (Lipinski definition) is 0. The monoisotopic (exact) mass is 176 g/mol. The van der Waals surface area contributed by atoms with Crippen molar-refractivity contribution in [3.8, 4) is 0 Å². The Morgan fingerprint density at radius 2 is 1.85 bits per heavy atom. The van der Waals surface area contributed by atoms with Crippen molar-refractivity contribution in [1.82, 2.24) is 0 Å². The van der Waals surface area contributed by atoms with Crippen LogP contribution in [-0.2, 0) is 4.74 Å². The average molecular weight is 176 g/mol.